The highest BCUT2D eigenvalue weighted by molar-refractivity contribution is 6.31. The molecule has 0 fully saturated rings. The number of carbonyl (C=O) groups excluding carboxylic acids is 1. The fourth-order valence-electron chi connectivity index (χ4n) is 1.81. The molecule has 0 saturated carbocycles. The van der Waals surface area contributed by atoms with Gasteiger partial charge in [-0.3, -0.25) is 9.78 Å². The molecule has 0 aliphatic heterocycles. The van der Waals surface area contributed by atoms with Gasteiger partial charge in [0.1, 0.15) is 6.61 Å². The number of methoxy groups -OCH3 is 1. The van der Waals surface area contributed by atoms with E-state index in [0.717, 1.165) is 11.4 Å². The first-order valence-electron chi connectivity index (χ1n) is 6.02. The summed E-state index contributed by atoms with van der Waals surface area (Å²) >= 11 is 5.91. The van der Waals surface area contributed by atoms with E-state index in [4.69, 9.17) is 21.1 Å². The van der Waals surface area contributed by atoms with Crippen LogP contribution in [0.1, 0.15) is 21.7 Å². The van der Waals surface area contributed by atoms with E-state index in [-0.39, 0.29) is 6.61 Å². The monoisotopic (exact) mass is 291 g/mol. The van der Waals surface area contributed by atoms with Crippen LogP contribution < -0.4 is 9.47 Å². The lowest BCUT2D eigenvalue weighted by molar-refractivity contribution is 0.111. The summed E-state index contributed by atoms with van der Waals surface area (Å²) in [6.07, 6.45) is 0.688. The van der Waals surface area contributed by atoms with Crippen molar-refractivity contribution in [1.82, 2.24) is 4.98 Å². The third-order valence-corrected chi connectivity index (χ3v) is 2.92. The Labute approximate surface area is 122 Å². The van der Waals surface area contributed by atoms with Crippen molar-refractivity contribution in [3.05, 3.63) is 52.3 Å². The summed E-state index contributed by atoms with van der Waals surface area (Å²) in [7, 11) is 1.50. The molecule has 1 aromatic carbocycles. The van der Waals surface area contributed by atoms with E-state index in [1.807, 2.05) is 25.1 Å². The summed E-state index contributed by atoms with van der Waals surface area (Å²) in [6.45, 7) is 2.16. The number of aromatic nitrogens is 1. The molecule has 0 unspecified atom stereocenters. The number of nitrogens with zero attached hydrogens (tertiary/aromatic N) is 1. The molecule has 20 heavy (non-hydrogen) atoms. The average Bonchev–Trinajstić information content (AvgIpc) is 2.45. The summed E-state index contributed by atoms with van der Waals surface area (Å²) in [4.78, 5) is 15.4. The van der Waals surface area contributed by atoms with Crippen LogP contribution in [-0.2, 0) is 6.61 Å². The van der Waals surface area contributed by atoms with Crippen molar-refractivity contribution in [3.63, 3.8) is 0 Å². The smallest absolute Gasteiger partial charge is 0.172 e. The number of carbonyl (C=O) groups is 1. The first kappa shape index (κ1) is 14.3. The van der Waals surface area contributed by atoms with Crippen LogP contribution >= 0.6 is 11.6 Å². The topological polar surface area (TPSA) is 48.4 Å². The Morgan fingerprint density at radius 3 is 2.80 bits per heavy atom. The number of pyridine rings is 1. The van der Waals surface area contributed by atoms with Crippen molar-refractivity contribution in [2.45, 2.75) is 13.5 Å². The first-order valence-corrected chi connectivity index (χ1v) is 6.40. The molecule has 2 aromatic rings. The highest BCUT2D eigenvalue weighted by Crippen LogP contribution is 2.34. The number of ether oxygens (including phenoxy) is 2. The quantitative estimate of drug-likeness (QED) is 0.792. The Morgan fingerprint density at radius 2 is 2.15 bits per heavy atom. The highest BCUT2D eigenvalue weighted by Gasteiger charge is 2.13. The van der Waals surface area contributed by atoms with Gasteiger partial charge in [-0.2, -0.15) is 0 Å². The lowest BCUT2D eigenvalue weighted by Gasteiger charge is -2.13. The van der Waals surface area contributed by atoms with Gasteiger partial charge in [-0.25, -0.2) is 0 Å². The maximum absolute atomic E-state index is 11.1. The molecule has 4 nitrogen and oxygen atoms in total. The molecular weight excluding hydrogens is 278 g/mol. The van der Waals surface area contributed by atoms with Gasteiger partial charge in [-0.1, -0.05) is 17.7 Å². The van der Waals surface area contributed by atoms with Crippen LogP contribution in [0.25, 0.3) is 0 Å². The van der Waals surface area contributed by atoms with E-state index in [1.54, 1.807) is 6.07 Å². The lowest BCUT2D eigenvalue weighted by atomic mass is 10.2. The number of halogens is 1. The minimum absolute atomic E-state index is 0.251. The van der Waals surface area contributed by atoms with Gasteiger partial charge in [0.25, 0.3) is 0 Å². The zero-order valence-corrected chi connectivity index (χ0v) is 12.0. The van der Waals surface area contributed by atoms with E-state index in [2.05, 4.69) is 4.98 Å². The van der Waals surface area contributed by atoms with Gasteiger partial charge in [0.2, 0.25) is 0 Å². The highest BCUT2D eigenvalue weighted by atomic mass is 35.5. The van der Waals surface area contributed by atoms with Crippen LogP contribution in [0.15, 0.2) is 30.3 Å². The molecule has 0 aliphatic carbocycles. The fourth-order valence-corrected chi connectivity index (χ4v) is 2.03. The van der Waals surface area contributed by atoms with Crippen LogP contribution in [0, 0.1) is 6.92 Å². The van der Waals surface area contributed by atoms with Crippen LogP contribution in [0.5, 0.6) is 11.5 Å². The van der Waals surface area contributed by atoms with E-state index in [1.165, 1.54) is 13.2 Å². The number of benzene rings is 1. The molecule has 0 bridgehead atoms. The maximum Gasteiger partial charge on any atom is 0.172 e. The molecule has 1 heterocycles. The van der Waals surface area contributed by atoms with Crippen molar-refractivity contribution in [2.75, 3.05) is 7.11 Å². The number of aldehydes is 1. The maximum atomic E-state index is 11.1. The summed E-state index contributed by atoms with van der Waals surface area (Å²) < 4.78 is 10.9. The molecular formula is C15H14ClNO3. The Bertz CT molecular complexity index is 629. The second kappa shape index (κ2) is 6.39. The lowest BCUT2D eigenvalue weighted by Crippen LogP contribution is -2.03. The number of hydrogen-bond acceptors (Lipinski definition) is 4. The minimum atomic E-state index is 0.251. The van der Waals surface area contributed by atoms with Crippen molar-refractivity contribution < 1.29 is 14.3 Å². The van der Waals surface area contributed by atoms with Crippen molar-refractivity contribution in [2.24, 2.45) is 0 Å². The van der Waals surface area contributed by atoms with E-state index < -0.39 is 0 Å². The zero-order chi connectivity index (χ0) is 14.5. The molecule has 0 spiro atoms. The summed E-state index contributed by atoms with van der Waals surface area (Å²) in [5, 5.41) is 0.421. The molecule has 0 atom stereocenters. The first-order chi connectivity index (χ1) is 9.63. The van der Waals surface area contributed by atoms with E-state index in [9.17, 15) is 4.79 Å². The number of rotatable bonds is 5. The molecule has 2 rings (SSSR count). The minimum Gasteiger partial charge on any atom is -0.493 e. The molecule has 5 heteroatoms. The van der Waals surface area contributed by atoms with Gasteiger partial charge in [0.15, 0.2) is 17.8 Å². The second-order valence-corrected chi connectivity index (χ2v) is 4.64. The van der Waals surface area contributed by atoms with Gasteiger partial charge < -0.3 is 9.47 Å². The fraction of sp³-hybridized carbons (Fsp3) is 0.200. The van der Waals surface area contributed by atoms with E-state index in [0.29, 0.717) is 28.4 Å². The largest absolute Gasteiger partial charge is 0.493 e. The molecule has 1 aromatic heterocycles. The SMILES string of the molecule is COc1cc(Cl)cc(C=O)c1OCc1cccc(C)n1. The molecule has 0 N–H and O–H groups in total. The van der Waals surface area contributed by atoms with Gasteiger partial charge in [0.05, 0.1) is 18.4 Å². The zero-order valence-electron chi connectivity index (χ0n) is 11.2. The average molecular weight is 292 g/mol. The summed E-state index contributed by atoms with van der Waals surface area (Å²) in [5.41, 5.74) is 2.03. The third kappa shape index (κ3) is 3.27. The van der Waals surface area contributed by atoms with Gasteiger partial charge in [-0.05, 0) is 25.1 Å². The third-order valence-electron chi connectivity index (χ3n) is 2.71. The van der Waals surface area contributed by atoms with Crippen molar-refractivity contribution in [3.8, 4) is 11.5 Å². The van der Waals surface area contributed by atoms with Crippen molar-refractivity contribution in [1.29, 1.82) is 0 Å². The van der Waals surface area contributed by atoms with Gasteiger partial charge in [0, 0.05) is 16.8 Å². The van der Waals surface area contributed by atoms with Gasteiger partial charge >= 0.3 is 0 Å². The Kier molecular flexibility index (Phi) is 4.58. The second-order valence-electron chi connectivity index (χ2n) is 4.20. The predicted octanol–water partition coefficient (Wildman–Crippen LogP) is 3.44. The number of aryl methyl sites for hydroxylation is 1. The standard InChI is InChI=1S/C15H14ClNO3/c1-10-4-3-5-13(17-10)9-20-15-11(8-18)6-12(16)7-14(15)19-2/h3-8H,9H2,1-2H3. The molecule has 0 amide bonds. The summed E-state index contributed by atoms with van der Waals surface area (Å²) in [6, 6.07) is 8.81. The molecule has 0 saturated heterocycles. The Balaban J connectivity index is 2.26. The predicted molar refractivity (Wildman–Crippen MR) is 76.7 cm³/mol. The number of hydrogen-bond donors (Lipinski definition) is 0. The van der Waals surface area contributed by atoms with Crippen molar-refractivity contribution >= 4 is 17.9 Å². The van der Waals surface area contributed by atoms with E-state index >= 15 is 0 Å². The van der Waals surface area contributed by atoms with Gasteiger partial charge in [-0.15, -0.1) is 0 Å². The Morgan fingerprint density at radius 1 is 1.35 bits per heavy atom. The van der Waals surface area contributed by atoms with Crippen LogP contribution in [0.4, 0.5) is 0 Å². The van der Waals surface area contributed by atoms with Crippen LogP contribution in [-0.4, -0.2) is 18.4 Å². The normalized spacial score (nSPS) is 10.2. The Hall–Kier alpha value is -2.07. The van der Waals surface area contributed by atoms with Crippen LogP contribution in [0.3, 0.4) is 0 Å². The molecule has 0 radical (unpaired) electrons. The van der Waals surface area contributed by atoms with Crippen LogP contribution in [0.2, 0.25) is 5.02 Å². The molecule has 0 aliphatic rings. The molecule has 104 valence electrons. The summed E-state index contributed by atoms with van der Waals surface area (Å²) in [5.74, 6) is 0.794.